The summed E-state index contributed by atoms with van der Waals surface area (Å²) in [5, 5.41) is 7.54. The number of rotatable bonds is 3. The van der Waals surface area contributed by atoms with Crippen LogP contribution in [0.1, 0.15) is 18.5 Å². The number of nitrogens with one attached hydrogen (secondary N) is 1. The molecule has 0 aliphatic carbocycles. The van der Waals surface area contributed by atoms with Gasteiger partial charge in [0, 0.05) is 23.6 Å². The smallest absolute Gasteiger partial charge is 0.124 e. The normalized spacial score (nSPS) is 12.4. The number of nitrogens with zero attached hydrogens (tertiary/aromatic N) is 2. The van der Waals surface area contributed by atoms with Crippen molar-refractivity contribution >= 4 is 21.7 Å². The van der Waals surface area contributed by atoms with Crippen LogP contribution in [0, 0.1) is 0 Å². The molecule has 0 aliphatic rings. The van der Waals surface area contributed by atoms with Crippen molar-refractivity contribution in [3.8, 4) is 0 Å². The van der Waals surface area contributed by atoms with E-state index in [1.54, 1.807) is 6.20 Å². The lowest BCUT2D eigenvalue weighted by molar-refractivity contribution is 0.750. The highest BCUT2D eigenvalue weighted by molar-refractivity contribution is 9.10. The van der Waals surface area contributed by atoms with Crippen LogP contribution in [0.15, 0.2) is 41.0 Å². The molecule has 4 heteroatoms. The highest BCUT2D eigenvalue weighted by atomic mass is 79.9. The quantitative estimate of drug-likeness (QED) is 0.934. The van der Waals surface area contributed by atoms with E-state index in [9.17, 15) is 0 Å². The van der Waals surface area contributed by atoms with Crippen LogP contribution < -0.4 is 5.32 Å². The third-order valence-corrected chi connectivity index (χ3v) is 3.03. The van der Waals surface area contributed by atoms with Gasteiger partial charge in [-0.25, -0.2) is 0 Å². The Morgan fingerprint density at radius 3 is 2.81 bits per heavy atom. The molecule has 0 bridgehead atoms. The highest BCUT2D eigenvalue weighted by Gasteiger charge is 2.07. The van der Waals surface area contributed by atoms with Crippen molar-refractivity contribution < 1.29 is 0 Å². The van der Waals surface area contributed by atoms with E-state index in [1.807, 2.05) is 29.9 Å². The molecule has 0 amide bonds. The molecular formula is C12H14BrN3. The van der Waals surface area contributed by atoms with Crippen LogP contribution in [0.25, 0.3) is 0 Å². The number of benzene rings is 1. The molecule has 16 heavy (non-hydrogen) atoms. The van der Waals surface area contributed by atoms with Crippen molar-refractivity contribution in [2.75, 3.05) is 5.32 Å². The minimum absolute atomic E-state index is 0.257. The van der Waals surface area contributed by atoms with Crippen LogP contribution in [0.5, 0.6) is 0 Å². The number of hydrogen-bond acceptors (Lipinski definition) is 2. The zero-order chi connectivity index (χ0) is 11.5. The van der Waals surface area contributed by atoms with Crippen LogP contribution >= 0.6 is 15.9 Å². The van der Waals surface area contributed by atoms with Gasteiger partial charge in [-0.15, -0.1) is 0 Å². The van der Waals surface area contributed by atoms with Gasteiger partial charge in [-0.1, -0.05) is 28.1 Å². The van der Waals surface area contributed by atoms with Crippen molar-refractivity contribution in [3.63, 3.8) is 0 Å². The summed E-state index contributed by atoms with van der Waals surface area (Å²) in [7, 11) is 1.93. The van der Waals surface area contributed by atoms with Gasteiger partial charge < -0.3 is 5.32 Å². The molecule has 0 aliphatic heterocycles. The zero-order valence-corrected chi connectivity index (χ0v) is 10.9. The standard InChI is InChI=1S/C12H14BrN3/c1-9(10-4-3-5-11(13)8-10)15-12-6-7-14-16(12)2/h3-9,15H,1-2H3. The third kappa shape index (κ3) is 2.44. The second kappa shape index (κ2) is 4.70. The molecule has 0 fully saturated rings. The summed E-state index contributed by atoms with van der Waals surface area (Å²) >= 11 is 3.48. The van der Waals surface area contributed by atoms with Crippen molar-refractivity contribution in [1.82, 2.24) is 9.78 Å². The Morgan fingerprint density at radius 2 is 2.19 bits per heavy atom. The Balaban J connectivity index is 2.14. The molecule has 0 radical (unpaired) electrons. The minimum atomic E-state index is 0.257. The van der Waals surface area contributed by atoms with Gasteiger partial charge in [0.15, 0.2) is 0 Å². The second-order valence-electron chi connectivity index (χ2n) is 3.76. The van der Waals surface area contributed by atoms with E-state index in [0.29, 0.717) is 0 Å². The second-order valence-corrected chi connectivity index (χ2v) is 4.68. The van der Waals surface area contributed by atoms with Crippen molar-refractivity contribution in [2.24, 2.45) is 7.05 Å². The molecule has 1 aromatic carbocycles. The molecule has 1 atom stereocenters. The molecule has 1 aromatic heterocycles. The minimum Gasteiger partial charge on any atom is -0.364 e. The van der Waals surface area contributed by atoms with Gasteiger partial charge in [-0.2, -0.15) is 5.10 Å². The van der Waals surface area contributed by atoms with Crippen LogP contribution in [0.4, 0.5) is 5.82 Å². The summed E-state index contributed by atoms with van der Waals surface area (Å²) in [6.45, 7) is 2.13. The maximum Gasteiger partial charge on any atom is 0.124 e. The van der Waals surface area contributed by atoms with Gasteiger partial charge in [0.1, 0.15) is 5.82 Å². The van der Waals surface area contributed by atoms with Gasteiger partial charge in [0.25, 0.3) is 0 Å². The van der Waals surface area contributed by atoms with Gasteiger partial charge in [0.2, 0.25) is 0 Å². The molecular weight excluding hydrogens is 266 g/mol. The first kappa shape index (κ1) is 11.2. The molecule has 2 aromatic rings. The largest absolute Gasteiger partial charge is 0.364 e. The van der Waals surface area contributed by atoms with Crippen molar-refractivity contribution in [3.05, 3.63) is 46.6 Å². The Hall–Kier alpha value is -1.29. The molecule has 84 valence electrons. The predicted molar refractivity (Wildman–Crippen MR) is 69.4 cm³/mol. The van der Waals surface area contributed by atoms with Crippen LogP contribution in [-0.2, 0) is 7.05 Å². The number of aryl methyl sites for hydroxylation is 1. The van der Waals surface area contributed by atoms with Crippen molar-refractivity contribution in [1.29, 1.82) is 0 Å². The van der Waals surface area contributed by atoms with Gasteiger partial charge in [0.05, 0.1) is 6.20 Å². The summed E-state index contributed by atoms with van der Waals surface area (Å²) < 4.78 is 2.93. The molecule has 0 saturated carbocycles. The highest BCUT2D eigenvalue weighted by Crippen LogP contribution is 2.21. The van der Waals surface area contributed by atoms with Crippen LogP contribution in [0.3, 0.4) is 0 Å². The lowest BCUT2D eigenvalue weighted by Gasteiger charge is -2.15. The van der Waals surface area contributed by atoms with E-state index >= 15 is 0 Å². The number of aromatic nitrogens is 2. The molecule has 0 saturated heterocycles. The fourth-order valence-electron chi connectivity index (χ4n) is 1.60. The van der Waals surface area contributed by atoms with Gasteiger partial charge >= 0.3 is 0 Å². The summed E-state index contributed by atoms with van der Waals surface area (Å²) in [6.07, 6.45) is 1.79. The molecule has 0 spiro atoms. The first-order valence-electron chi connectivity index (χ1n) is 5.17. The third-order valence-electron chi connectivity index (χ3n) is 2.53. The fourth-order valence-corrected chi connectivity index (χ4v) is 2.01. The zero-order valence-electron chi connectivity index (χ0n) is 9.31. The molecule has 1 N–H and O–H groups in total. The Morgan fingerprint density at radius 1 is 1.38 bits per heavy atom. The Bertz CT molecular complexity index is 479. The molecule has 2 rings (SSSR count). The van der Waals surface area contributed by atoms with Crippen LogP contribution in [-0.4, -0.2) is 9.78 Å². The lowest BCUT2D eigenvalue weighted by atomic mass is 10.1. The fraction of sp³-hybridized carbons (Fsp3) is 0.250. The maximum absolute atomic E-state index is 4.13. The van der Waals surface area contributed by atoms with Gasteiger partial charge in [-0.05, 0) is 24.6 Å². The predicted octanol–water partition coefficient (Wildman–Crippen LogP) is 3.36. The van der Waals surface area contributed by atoms with E-state index in [-0.39, 0.29) is 6.04 Å². The average Bonchev–Trinajstić information content (AvgIpc) is 2.64. The molecule has 3 nitrogen and oxygen atoms in total. The molecule has 1 heterocycles. The summed E-state index contributed by atoms with van der Waals surface area (Å²) in [5.74, 6) is 1.02. The topological polar surface area (TPSA) is 29.9 Å². The van der Waals surface area contributed by atoms with Crippen LogP contribution in [0.2, 0.25) is 0 Å². The first-order chi connectivity index (χ1) is 7.66. The van der Waals surface area contributed by atoms with E-state index in [0.717, 1.165) is 10.3 Å². The molecule has 1 unspecified atom stereocenters. The summed E-state index contributed by atoms with van der Waals surface area (Å²) in [5.41, 5.74) is 1.25. The van der Waals surface area contributed by atoms with Crippen molar-refractivity contribution in [2.45, 2.75) is 13.0 Å². The summed E-state index contributed by atoms with van der Waals surface area (Å²) in [6, 6.07) is 10.5. The Labute approximate surface area is 104 Å². The lowest BCUT2D eigenvalue weighted by Crippen LogP contribution is -2.09. The number of halogens is 1. The van der Waals surface area contributed by atoms with E-state index in [2.05, 4.69) is 45.4 Å². The summed E-state index contributed by atoms with van der Waals surface area (Å²) in [4.78, 5) is 0. The monoisotopic (exact) mass is 279 g/mol. The maximum atomic E-state index is 4.13. The number of anilines is 1. The van der Waals surface area contributed by atoms with E-state index < -0.39 is 0 Å². The first-order valence-corrected chi connectivity index (χ1v) is 5.96. The SMILES string of the molecule is CC(Nc1ccnn1C)c1cccc(Br)c1. The van der Waals surface area contributed by atoms with E-state index in [1.165, 1.54) is 5.56 Å². The number of hydrogen-bond donors (Lipinski definition) is 1. The Kier molecular flexibility index (Phi) is 3.29. The van der Waals surface area contributed by atoms with Gasteiger partial charge in [-0.3, -0.25) is 4.68 Å². The van der Waals surface area contributed by atoms with E-state index in [4.69, 9.17) is 0 Å². The average molecular weight is 280 g/mol.